The quantitative estimate of drug-likeness (QED) is 0.859. The van der Waals surface area contributed by atoms with E-state index in [1.807, 2.05) is 0 Å². The molecule has 0 bridgehead atoms. The maximum absolute atomic E-state index is 13.0. The van der Waals surface area contributed by atoms with Gasteiger partial charge in [-0.3, -0.25) is 0 Å². The summed E-state index contributed by atoms with van der Waals surface area (Å²) in [4.78, 5) is 13.1. The molecule has 0 aliphatic rings. The predicted molar refractivity (Wildman–Crippen MR) is 59.5 cm³/mol. The van der Waals surface area contributed by atoms with Crippen molar-refractivity contribution in [2.45, 2.75) is 6.18 Å². The van der Waals surface area contributed by atoms with E-state index in [0.29, 0.717) is 11.3 Å². The van der Waals surface area contributed by atoms with E-state index < -0.39 is 28.5 Å². The number of carbonyl (C=O) groups is 1. The molecule has 0 aliphatic carbocycles. The first kappa shape index (κ1) is 13.5. The van der Waals surface area contributed by atoms with Gasteiger partial charge in [0.05, 0.1) is 0 Å². The Morgan fingerprint density at radius 3 is 2.47 bits per heavy atom. The first-order chi connectivity index (χ1) is 8.79. The van der Waals surface area contributed by atoms with Gasteiger partial charge in [-0.05, 0) is 12.1 Å². The molecule has 0 spiro atoms. The van der Waals surface area contributed by atoms with E-state index in [-0.39, 0.29) is 10.6 Å². The average molecular weight is 291 g/mol. The summed E-state index contributed by atoms with van der Waals surface area (Å²) in [6.45, 7) is 0. The molecular weight excluding hydrogens is 286 g/mol. The van der Waals surface area contributed by atoms with Gasteiger partial charge < -0.3 is 5.11 Å². The fourth-order valence-corrected chi connectivity index (χ4v) is 2.32. The topological polar surface area (TPSA) is 50.2 Å². The molecule has 0 amide bonds. The van der Waals surface area contributed by atoms with E-state index in [2.05, 4.69) is 4.98 Å². The number of rotatable bonds is 2. The lowest BCUT2D eigenvalue weighted by Gasteiger charge is -2.02. The van der Waals surface area contributed by atoms with E-state index in [0.717, 1.165) is 12.1 Å². The largest absolute Gasteiger partial charge is 0.477 e. The summed E-state index contributed by atoms with van der Waals surface area (Å²) in [7, 11) is 0. The zero-order valence-electron chi connectivity index (χ0n) is 9.03. The van der Waals surface area contributed by atoms with Gasteiger partial charge in [-0.2, -0.15) is 13.2 Å². The van der Waals surface area contributed by atoms with Crippen molar-refractivity contribution in [3.8, 4) is 10.6 Å². The number of aromatic nitrogens is 1. The molecule has 1 aromatic carbocycles. The van der Waals surface area contributed by atoms with Gasteiger partial charge in [0.2, 0.25) is 0 Å². The number of alkyl halides is 3. The number of carboxylic acids is 1. The molecule has 0 saturated carbocycles. The molecule has 2 rings (SSSR count). The Balaban J connectivity index is 2.58. The van der Waals surface area contributed by atoms with Gasteiger partial charge in [-0.1, -0.05) is 12.1 Å². The van der Waals surface area contributed by atoms with Crippen molar-refractivity contribution < 1.29 is 27.5 Å². The van der Waals surface area contributed by atoms with E-state index in [1.165, 1.54) is 12.1 Å². The lowest BCUT2D eigenvalue weighted by Crippen LogP contribution is -2.11. The van der Waals surface area contributed by atoms with Crippen LogP contribution in [0.15, 0.2) is 24.3 Å². The Kier molecular flexibility index (Phi) is 3.27. The molecule has 19 heavy (non-hydrogen) atoms. The molecule has 3 nitrogen and oxygen atoms in total. The zero-order valence-corrected chi connectivity index (χ0v) is 9.85. The minimum Gasteiger partial charge on any atom is -0.477 e. The second kappa shape index (κ2) is 4.61. The maximum atomic E-state index is 13.0. The first-order valence-corrected chi connectivity index (χ1v) is 5.68. The summed E-state index contributed by atoms with van der Waals surface area (Å²) in [6, 6.07) is 4.78. The molecule has 0 saturated heterocycles. The molecule has 0 unspecified atom stereocenters. The summed E-state index contributed by atoms with van der Waals surface area (Å²) >= 11 is 0.359. The third-order valence-electron chi connectivity index (χ3n) is 2.16. The lowest BCUT2D eigenvalue weighted by molar-refractivity contribution is -0.141. The van der Waals surface area contributed by atoms with Crippen molar-refractivity contribution in [1.82, 2.24) is 4.98 Å². The smallest absolute Gasteiger partial charge is 0.435 e. The molecule has 1 heterocycles. The van der Waals surface area contributed by atoms with Crippen molar-refractivity contribution in [3.63, 3.8) is 0 Å². The van der Waals surface area contributed by atoms with Crippen LogP contribution in [0.5, 0.6) is 0 Å². The Labute approximate surface area is 108 Å². The standard InChI is InChI=1S/C11H5F4NO2S/c12-6-3-1-2-5(4-6)9-16-8(11(13,14)15)7(19-9)10(17)18/h1-4H,(H,17,18). The molecule has 1 aromatic heterocycles. The normalized spacial score (nSPS) is 11.6. The number of hydrogen-bond acceptors (Lipinski definition) is 3. The van der Waals surface area contributed by atoms with E-state index in [1.54, 1.807) is 0 Å². The summed E-state index contributed by atoms with van der Waals surface area (Å²) < 4.78 is 50.9. The van der Waals surface area contributed by atoms with E-state index in [4.69, 9.17) is 5.11 Å². The second-order valence-corrected chi connectivity index (χ2v) is 4.51. The van der Waals surface area contributed by atoms with Crippen LogP contribution in [-0.4, -0.2) is 16.1 Å². The molecule has 1 N–H and O–H groups in total. The lowest BCUT2D eigenvalue weighted by atomic mass is 10.2. The summed E-state index contributed by atoms with van der Waals surface area (Å²) in [5, 5.41) is 8.55. The van der Waals surface area contributed by atoms with E-state index >= 15 is 0 Å². The number of nitrogens with zero attached hydrogens (tertiary/aromatic N) is 1. The molecule has 100 valence electrons. The molecule has 2 aromatic rings. The molecule has 0 atom stereocenters. The maximum Gasteiger partial charge on any atom is 0.435 e. The van der Waals surface area contributed by atoms with Crippen LogP contribution in [0.25, 0.3) is 10.6 Å². The highest BCUT2D eigenvalue weighted by molar-refractivity contribution is 7.17. The monoisotopic (exact) mass is 291 g/mol. The Morgan fingerprint density at radius 1 is 1.32 bits per heavy atom. The van der Waals surface area contributed by atoms with Gasteiger partial charge >= 0.3 is 12.1 Å². The fourth-order valence-electron chi connectivity index (χ4n) is 1.40. The van der Waals surface area contributed by atoms with Gasteiger partial charge in [-0.25, -0.2) is 14.2 Å². The van der Waals surface area contributed by atoms with Crippen LogP contribution in [0.3, 0.4) is 0 Å². The Morgan fingerprint density at radius 2 is 2.00 bits per heavy atom. The van der Waals surface area contributed by atoms with Crippen LogP contribution in [0.2, 0.25) is 0 Å². The molecule has 0 aliphatic heterocycles. The third kappa shape index (κ3) is 2.73. The highest BCUT2D eigenvalue weighted by Gasteiger charge is 2.39. The molecule has 8 heteroatoms. The molecule has 0 radical (unpaired) electrons. The number of carboxylic acid groups (broad SMARTS) is 1. The Hall–Kier alpha value is -1.96. The second-order valence-electron chi connectivity index (χ2n) is 3.51. The minimum atomic E-state index is -4.87. The van der Waals surface area contributed by atoms with Gasteiger partial charge in [0.25, 0.3) is 0 Å². The van der Waals surface area contributed by atoms with Crippen LogP contribution in [0.1, 0.15) is 15.4 Å². The van der Waals surface area contributed by atoms with Crippen LogP contribution in [-0.2, 0) is 6.18 Å². The SMILES string of the molecule is O=C(O)c1sc(-c2cccc(F)c2)nc1C(F)(F)F. The van der Waals surface area contributed by atoms with Crippen LogP contribution < -0.4 is 0 Å². The van der Waals surface area contributed by atoms with Gasteiger partial charge in [-0.15, -0.1) is 11.3 Å². The van der Waals surface area contributed by atoms with Gasteiger partial charge in [0.1, 0.15) is 15.7 Å². The third-order valence-corrected chi connectivity index (χ3v) is 3.25. The number of aromatic carboxylic acids is 1. The Bertz CT molecular complexity index is 636. The van der Waals surface area contributed by atoms with Crippen molar-refractivity contribution >= 4 is 17.3 Å². The molecule has 0 fully saturated rings. The number of hydrogen-bond donors (Lipinski definition) is 1. The van der Waals surface area contributed by atoms with E-state index in [9.17, 15) is 22.4 Å². The zero-order chi connectivity index (χ0) is 14.2. The number of halogens is 4. The van der Waals surface area contributed by atoms with Crippen molar-refractivity contribution in [2.24, 2.45) is 0 Å². The van der Waals surface area contributed by atoms with Gasteiger partial charge in [0.15, 0.2) is 5.69 Å². The van der Waals surface area contributed by atoms with Gasteiger partial charge in [0, 0.05) is 5.56 Å². The average Bonchev–Trinajstić information content (AvgIpc) is 2.73. The van der Waals surface area contributed by atoms with Crippen molar-refractivity contribution in [3.05, 3.63) is 40.7 Å². The minimum absolute atomic E-state index is 0.1000. The highest BCUT2D eigenvalue weighted by atomic mass is 32.1. The predicted octanol–water partition coefficient (Wildman–Crippen LogP) is 3.67. The van der Waals surface area contributed by atoms with Crippen molar-refractivity contribution in [2.75, 3.05) is 0 Å². The molecular formula is C11H5F4NO2S. The number of thiazole rings is 1. The summed E-state index contributed by atoms with van der Waals surface area (Å²) in [6.07, 6.45) is -4.87. The summed E-state index contributed by atoms with van der Waals surface area (Å²) in [5.41, 5.74) is -1.37. The number of benzene rings is 1. The summed E-state index contributed by atoms with van der Waals surface area (Å²) in [5.74, 6) is -2.36. The van der Waals surface area contributed by atoms with Crippen LogP contribution in [0, 0.1) is 5.82 Å². The van der Waals surface area contributed by atoms with Crippen LogP contribution in [0.4, 0.5) is 17.6 Å². The van der Waals surface area contributed by atoms with Crippen molar-refractivity contribution in [1.29, 1.82) is 0 Å². The highest BCUT2D eigenvalue weighted by Crippen LogP contribution is 2.37. The fraction of sp³-hybridized carbons (Fsp3) is 0.0909. The van der Waals surface area contributed by atoms with Crippen LogP contribution >= 0.6 is 11.3 Å². The first-order valence-electron chi connectivity index (χ1n) is 4.86.